The average Bonchev–Trinajstić information content (AvgIpc) is 3.10. The molecule has 13 heteroatoms. The molecule has 4 aliphatic rings. The molecule has 0 amide bonds. The Bertz CT molecular complexity index is 1390. The molecule has 0 radical (unpaired) electrons. The van der Waals surface area contributed by atoms with Crippen molar-refractivity contribution in [2.75, 3.05) is 36.0 Å². The van der Waals surface area contributed by atoms with Gasteiger partial charge in [-0.15, -0.1) is 10.2 Å². The molecule has 1 saturated carbocycles. The molecule has 1 aromatic carbocycles. The molecule has 38 heavy (non-hydrogen) atoms. The SMILES string of the molecule is OC1(C(F)(F)F)CC(N2Cc3cc(Cl)ccc3-n3c(nnc3N3CC4(CN(c5ccc(F)cn5)C4)C3)C2)C1. The highest BCUT2D eigenvalue weighted by atomic mass is 35.5. The van der Waals surface area contributed by atoms with Crippen LogP contribution in [0.3, 0.4) is 0 Å². The highest BCUT2D eigenvalue weighted by Crippen LogP contribution is 2.49. The Kier molecular flexibility index (Phi) is 5.09. The molecule has 1 spiro atoms. The van der Waals surface area contributed by atoms with Crippen LogP contribution >= 0.6 is 11.6 Å². The maximum Gasteiger partial charge on any atom is 0.417 e. The van der Waals surface area contributed by atoms with Gasteiger partial charge in [0.05, 0.1) is 18.4 Å². The summed E-state index contributed by atoms with van der Waals surface area (Å²) in [5.41, 5.74) is -0.835. The van der Waals surface area contributed by atoms with Crippen molar-refractivity contribution in [1.29, 1.82) is 0 Å². The largest absolute Gasteiger partial charge is 0.417 e. The third-order valence-corrected chi connectivity index (χ3v) is 8.56. The first-order valence-corrected chi connectivity index (χ1v) is 12.8. The molecule has 3 aromatic rings. The standard InChI is InChI=1S/C25H24ClF4N7O/c26-16-1-3-19-15(5-16)9-34(18-6-24(38,7-18)25(28,29)30)10-21-32-33-22(37(19)21)36-13-23(14-36)11-35(12-23)20-4-2-17(27)8-31-20/h1-5,8,18,38H,6-7,9-14H2. The lowest BCUT2D eigenvalue weighted by Gasteiger charge is -2.60. The van der Waals surface area contributed by atoms with Crippen LogP contribution in [0.15, 0.2) is 36.5 Å². The summed E-state index contributed by atoms with van der Waals surface area (Å²) in [5, 5.41) is 19.5. The normalized spacial score (nSPS) is 26.2. The number of aliphatic hydroxyl groups is 1. The second-order valence-electron chi connectivity index (χ2n) is 11.1. The molecule has 0 unspecified atom stereocenters. The summed E-state index contributed by atoms with van der Waals surface area (Å²) >= 11 is 6.30. The zero-order chi connectivity index (χ0) is 26.4. The van der Waals surface area contributed by atoms with Gasteiger partial charge in [-0.25, -0.2) is 9.37 Å². The number of alkyl halides is 3. The van der Waals surface area contributed by atoms with Crippen molar-refractivity contribution in [2.45, 2.75) is 43.8 Å². The minimum atomic E-state index is -4.65. The van der Waals surface area contributed by atoms with Crippen molar-refractivity contribution in [1.82, 2.24) is 24.6 Å². The summed E-state index contributed by atoms with van der Waals surface area (Å²) in [7, 11) is 0. The molecule has 0 bridgehead atoms. The highest BCUT2D eigenvalue weighted by molar-refractivity contribution is 6.30. The zero-order valence-electron chi connectivity index (χ0n) is 20.2. The molecule has 3 fully saturated rings. The Morgan fingerprint density at radius 3 is 2.39 bits per heavy atom. The van der Waals surface area contributed by atoms with Crippen LogP contribution in [0.1, 0.15) is 24.2 Å². The van der Waals surface area contributed by atoms with Crippen molar-refractivity contribution in [3.8, 4) is 5.69 Å². The van der Waals surface area contributed by atoms with Crippen molar-refractivity contribution < 1.29 is 22.7 Å². The smallest absolute Gasteiger partial charge is 0.380 e. The van der Waals surface area contributed by atoms with E-state index < -0.39 is 17.8 Å². The van der Waals surface area contributed by atoms with Gasteiger partial charge in [-0.05, 0) is 35.9 Å². The maximum absolute atomic E-state index is 13.3. The van der Waals surface area contributed by atoms with Crippen LogP contribution in [-0.2, 0) is 13.1 Å². The van der Waals surface area contributed by atoms with Crippen LogP contribution in [0.5, 0.6) is 0 Å². The van der Waals surface area contributed by atoms with Crippen LogP contribution < -0.4 is 9.80 Å². The Morgan fingerprint density at radius 1 is 0.974 bits per heavy atom. The van der Waals surface area contributed by atoms with Crippen molar-refractivity contribution in [2.24, 2.45) is 5.41 Å². The van der Waals surface area contributed by atoms with E-state index in [2.05, 4.69) is 25.0 Å². The molecule has 2 aromatic heterocycles. The van der Waals surface area contributed by atoms with Gasteiger partial charge in [-0.3, -0.25) is 9.47 Å². The lowest BCUT2D eigenvalue weighted by molar-refractivity contribution is -0.300. The number of anilines is 2. The Morgan fingerprint density at radius 2 is 1.71 bits per heavy atom. The van der Waals surface area contributed by atoms with E-state index in [-0.39, 0.29) is 24.1 Å². The number of hydrogen-bond acceptors (Lipinski definition) is 7. The summed E-state index contributed by atoms with van der Waals surface area (Å²) in [4.78, 5) is 10.4. The van der Waals surface area contributed by atoms with E-state index in [9.17, 15) is 22.7 Å². The molecule has 1 N–H and O–H groups in total. The third-order valence-electron chi connectivity index (χ3n) is 8.33. The molecule has 3 aliphatic heterocycles. The number of rotatable bonds is 3. The number of nitrogens with zero attached hydrogens (tertiary/aromatic N) is 7. The van der Waals surface area contributed by atoms with Crippen LogP contribution in [0.25, 0.3) is 5.69 Å². The lowest BCUT2D eigenvalue weighted by Crippen LogP contribution is -2.73. The summed E-state index contributed by atoms with van der Waals surface area (Å²) in [6.07, 6.45) is -4.18. The molecule has 200 valence electrons. The number of aromatic nitrogens is 4. The van der Waals surface area contributed by atoms with Gasteiger partial charge in [0.2, 0.25) is 5.95 Å². The van der Waals surface area contributed by atoms with Crippen LogP contribution in [0.2, 0.25) is 5.02 Å². The molecule has 5 heterocycles. The predicted octanol–water partition coefficient (Wildman–Crippen LogP) is 3.55. The second-order valence-corrected chi connectivity index (χ2v) is 11.5. The van der Waals surface area contributed by atoms with Crippen molar-refractivity contribution in [3.05, 3.63) is 58.8 Å². The number of benzene rings is 1. The van der Waals surface area contributed by atoms with Gasteiger partial charge in [-0.1, -0.05) is 11.6 Å². The van der Waals surface area contributed by atoms with Gasteiger partial charge in [0.15, 0.2) is 11.4 Å². The molecule has 0 atom stereocenters. The van der Waals surface area contributed by atoms with Crippen molar-refractivity contribution in [3.63, 3.8) is 0 Å². The van der Waals surface area contributed by atoms with E-state index in [1.165, 1.54) is 12.3 Å². The number of halogens is 5. The van der Waals surface area contributed by atoms with Gasteiger partial charge in [0.1, 0.15) is 11.6 Å². The summed E-state index contributed by atoms with van der Waals surface area (Å²) in [6.45, 7) is 3.87. The van der Waals surface area contributed by atoms with Crippen LogP contribution in [0.4, 0.5) is 29.3 Å². The fourth-order valence-corrected chi connectivity index (χ4v) is 6.46. The van der Waals surface area contributed by atoms with E-state index in [0.717, 1.165) is 43.2 Å². The first-order valence-electron chi connectivity index (χ1n) is 12.4. The molecule has 1 aliphatic carbocycles. The van der Waals surface area contributed by atoms with Gasteiger partial charge < -0.3 is 14.9 Å². The van der Waals surface area contributed by atoms with Gasteiger partial charge in [0.25, 0.3) is 0 Å². The van der Waals surface area contributed by atoms with Gasteiger partial charge >= 0.3 is 6.18 Å². The van der Waals surface area contributed by atoms with E-state index in [0.29, 0.717) is 29.9 Å². The number of fused-ring (bicyclic) bond motifs is 3. The van der Waals surface area contributed by atoms with Crippen LogP contribution in [0, 0.1) is 11.2 Å². The maximum atomic E-state index is 13.3. The Balaban J connectivity index is 1.11. The predicted molar refractivity (Wildman–Crippen MR) is 131 cm³/mol. The Labute approximate surface area is 220 Å². The van der Waals surface area contributed by atoms with E-state index in [1.54, 1.807) is 12.1 Å². The monoisotopic (exact) mass is 549 g/mol. The Hall–Kier alpha value is -2.96. The molecular formula is C25H24ClF4N7O. The topological polar surface area (TPSA) is 73.6 Å². The quantitative estimate of drug-likeness (QED) is 0.501. The number of pyridine rings is 1. The minimum Gasteiger partial charge on any atom is -0.380 e. The lowest BCUT2D eigenvalue weighted by atomic mass is 9.73. The van der Waals surface area contributed by atoms with Gasteiger partial charge in [0, 0.05) is 62.0 Å². The molecule has 2 saturated heterocycles. The highest BCUT2D eigenvalue weighted by Gasteiger charge is 2.62. The molecular weight excluding hydrogens is 526 g/mol. The fourth-order valence-electron chi connectivity index (χ4n) is 6.27. The fraction of sp³-hybridized carbons (Fsp3) is 0.480. The van der Waals surface area contributed by atoms with E-state index in [4.69, 9.17) is 11.6 Å². The summed E-state index contributed by atoms with van der Waals surface area (Å²) < 4.78 is 55.0. The van der Waals surface area contributed by atoms with E-state index >= 15 is 0 Å². The van der Waals surface area contributed by atoms with Gasteiger partial charge in [-0.2, -0.15) is 13.2 Å². The first-order chi connectivity index (χ1) is 18.0. The third kappa shape index (κ3) is 3.68. The van der Waals surface area contributed by atoms with E-state index in [1.807, 2.05) is 21.6 Å². The second kappa shape index (κ2) is 8.03. The van der Waals surface area contributed by atoms with Crippen molar-refractivity contribution >= 4 is 23.4 Å². The summed E-state index contributed by atoms with van der Waals surface area (Å²) in [5.74, 6) is 1.72. The zero-order valence-corrected chi connectivity index (χ0v) is 20.9. The van der Waals surface area contributed by atoms with Crippen LogP contribution in [-0.4, -0.2) is 73.8 Å². The molecule has 7 rings (SSSR count). The average molecular weight is 550 g/mol. The summed E-state index contributed by atoms with van der Waals surface area (Å²) in [6, 6.07) is 8.16. The first kappa shape index (κ1) is 24.1. The minimum absolute atomic E-state index is 0.0933. The number of hydrogen-bond donors (Lipinski definition) is 1. The molecule has 8 nitrogen and oxygen atoms in total.